The average molecular weight is 665 g/mol. The summed E-state index contributed by atoms with van der Waals surface area (Å²) in [6.07, 6.45) is 4.69. The van der Waals surface area contributed by atoms with Crippen molar-refractivity contribution in [1.82, 2.24) is 4.90 Å². The van der Waals surface area contributed by atoms with Crippen LogP contribution < -0.4 is 0 Å². The van der Waals surface area contributed by atoms with E-state index in [9.17, 15) is 19.7 Å². The van der Waals surface area contributed by atoms with E-state index in [1.165, 1.54) is 12.1 Å². The van der Waals surface area contributed by atoms with Gasteiger partial charge in [0.25, 0.3) is 5.69 Å². The number of carbonyl (C=O) groups excluding carboxylic acids is 2. The first-order valence-electron chi connectivity index (χ1n) is 16.3. The quantitative estimate of drug-likeness (QED) is 0.0261. The predicted molar refractivity (Wildman–Crippen MR) is 181 cm³/mol. The van der Waals surface area contributed by atoms with E-state index in [2.05, 4.69) is 40.8 Å². The lowest BCUT2D eigenvalue weighted by Crippen LogP contribution is -2.63. The maximum absolute atomic E-state index is 13.8. The molecular formula is C36H48N2O8Si. The lowest BCUT2D eigenvalue weighted by molar-refractivity contribution is -0.384. The van der Waals surface area contributed by atoms with Crippen LogP contribution in [0, 0.1) is 16.0 Å². The summed E-state index contributed by atoms with van der Waals surface area (Å²) in [4.78, 5) is 39.8. The Hall–Kier alpha value is -3.80. The minimum Gasteiger partial charge on any atom is -0.468 e. The summed E-state index contributed by atoms with van der Waals surface area (Å²) < 4.78 is 24.4. The van der Waals surface area contributed by atoms with E-state index in [-0.39, 0.29) is 47.9 Å². The highest BCUT2D eigenvalue weighted by molar-refractivity contribution is 6.74. The van der Waals surface area contributed by atoms with Crippen LogP contribution in [0.4, 0.5) is 5.69 Å². The highest BCUT2D eigenvalue weighted by Gasteiger charge is 2.59. The highest BCUT2D eigenvalue weighted by atomic mass is 28.4. The second-order valence-electron chi connectivity index (χ2n) is 13.7. The number of carbonyl (C=O) groups is 2. The third-order valence-electron chi connectivity index (χ3n) is 9.31. The molecule has 254 valence electrons. The molecule has 0 spiro atoms. The summed E-state index contributed by atoms with van der Waals surface area (Å²) >= 11 is 0. The van der Waals surface area contributed by atoms with Crippen molar-refractivity contribution in [3.05, 3.63) is 98.9 Å². The zero-order chi connectivity index (χ0) is 34.4. The largest absolute Gasteiger partial charge is 0.468 e. The first kappa shape index (κ1) is 36.0. The van der Waals surface area contributed by atoms with Gasteiger partial charge in [0.15, 0.2) is 15.1 Å². The van der Waals surface area contributed by atoms with Crippen LogP contribution in [-0.4, -0.2) is 49.0 Å². The van der Waals surface area contributed by atoms with Crippen LogP contribution in [0.15, 0.2) is 77.7 Å². The summed E-state index contributed by atoms with van der Waals surface area (Å²) in [5.74, 6) is -0.731. The Morgan fingerprint density at radius 3 is 2.34 bits per heavy atom. The van der Waals surface area contributed by atoms with Gasteiger partial charge in [0.2, 0.25) is 5.91 Å². The number of nitrogens with zero attached hydrogens (tertiary/aromatic N) is 2. The van der Waals surface area contributed by atoms with Crippen LogP contribution in [0.3, 0.4) is 0 Å². The summed E-state index contributed by atoms with van der Waals surface area (Å²) in [6, 6.07) is 15.3. The SMILES string of the molecule is CCCC/C=C(\OCOCc1ccccc1)C1=C(C(=O)OCc2ccc([N+](=O)[O-])cc2)N2C(=O)[C@H]([C@@H](C)O[Si](C)(C)C(C)(C)C)[C@H]2C1. The molecule has 0 N–H and O–H groups in total. The van der Waals surface area contributed by atoms with Crippen LogP contribution in [0.25, 0.3) is 0 Å². The molecule has 2 aliphatic rings. The average Bonchev–Trinajstić information content (AvgIpc) is 3.36. The second kappa shape index (κ2) is 15.4. The molecule has 0 aliphatic carbocycles. The van der Waals surface area contributed by atoms with E-state index in [0.717, 1.165) is 24.8 Å². The maximum atomic E-state index is 13.8. The van der Waals surface area contributed by atoms with Gasteiger partial charge >= 0.3 is 5.97 Å². The van der Waals surface area contributed by atoms with Gasteiger partial charge in [0.1, 0.15) is 18.1 Å². The van der Waals surface area contributed by atoms with Crippen molar-refractivity contribution in [2.45, 2.75) is 104 Å². The predicted octanol–water partition coefficient (Wildman–Crippen LogP) is 7.80. The molecule has 2 aromatic carbocycles. The van der Waals surface area contributed by atoms with Crippen LogP contribution in [0.5, 0.6) is 0 Å². The van der Waals surface area contributed by atoms with E-state index >= 15 is 0 Å². The number of ether oxygens (including phenoxy) is 3. The lowest BCUT2D eigenvalue weighted by Gasteiger charge is -2.48. The fourth-order valence-electron chi connectivity index (χ4n) is 5.66. The summed E-state index contributed by atoms with van der Waals surface area (Å²) in [7, 11) is -2.17. The summed E-state index contributed by atoms with van der Waals surface area (Å²) in [6.45, 7) is 15.1. The Balaban J connectivity index is 1.59. The normalized spacial score (nSPS) is 18.9. The number of rotatable bonds is 16. The van der Waals surface area contributed by atoms with Crippen molar-refractivity contribution in [3.8, 4) is 0 Å². The third kappa shape index (κ3) is 8.57. The van der Waals surface area contributed by atoms with Crippen molar-refractivity contribution in [3.63, 3.8) is 0 Å². The molecule has 0 bridgehead atoms. The minimum atomic E-state index is -2.17. The molecule has 3 atom stereocenters. The standard InChI is InChI=1S/C36H48N2O8Si/c1-8-9-11-16-31(45-24-43-22-26-14-12-10-13-15-26)29-21-30-32(25(2)46-47(6,7)36(3,4)5)34(39)37(30)33(29)35(40)44-23-27-17-19-28(20-18-27)38(41)42/h10,12-20,25,30,32H,8-9,11,21-24H2,1-7H3/b31-16-/t25-,30-,32-/m1/s1. The molecule has 11 heteroatoms. The lowest BCUT2D eigenvalue weighted by atomic mass is 9.83. The van der Waals surface area contributed by atoms with Gasteiger partial charge in [-0.2, -0.15) is 0 Å². The topological polar surface area (TPSA) is 117 Å². The number of non-ortho nitro benzene ring substituents is 1. The molecule has 1 saturated heterocycles. The number of nitro benzene ring substituents is 1. The molecule has 47 heavy (non-hydrogen) atoms. The van der Waals surface area contributed by atoms with Gasteiger partial charge in [-0.05, 0) is 67.2 Å². The summed E-state index contributed by atoms with van der Waals surface area (Å²) in [5, 5.41) is 11.0. The Bertz CT molecular complexity index is 1480. The number of fused-ring (bicyclic) bond motifs is 1. The first-order valence-corrected chi connectivity index (χ1v) is 19.3. The van der Waals surface area contributed by atoms with Crippen LogP contribution in [0.1, 0.15) is 71.4 Å². The van der Waals surface area contributed by atoms with Gasteiger partial charge in [-0.25, -0.2) is 4.79 Å². The monoisotopic (exact) mass is 664 g/mol. The molecular weight excluding hydrogens is 616 g/mol. The Morgan fingerprint density at radius 2 is 1.72 bits per heavy atom. The number of benzene rings is 2. The third-order valence-corrected chi connectivity index (χ3v) is 13.9. The van der Waals surface area contributed by atoms with E-state index in [4.69, 9.17) is 18.6 Å². The van der Waals surface area contributed by atoms with Crippen molar-refractivity contribution < 1.29 is 33.1 Å². The molecule has 2 aliphatic heterocycles. The van der Waals surface area contributed by atoms with E-state index < -0.39 is 25.1 Å². The van der Waals surface area contributed by atoms with Gasteiger partial charge in [-0.1, -0.05) is 64.4 Å². The number of allylic oxidation sites excluding steroid dienone is 2. The van der Waals surface area contributed by atoms with Crippen LogP contribution in [-0.2, 0) is 41.4 Å². The number of nitro groups is 1. The number of hydrogen-bond acceptors (Lipinski definition) is 8. The zero-order valence-corrected chi connectivity index (χ0v) is 29.6. The number of β-lactam (4-membered cyclic amide) rings is 1. The highest BCUT2D eigenvalue weighted by Crippen LogP contribution is 2.48. The molecule has 0 saturated carbocycles. The molecule has 0 radical (unpaired) electrons. The Morgan fingerprint density at radius 1 is 1.06 bits per heavy atom. The first-order chi connectivity index (χ1) is 22.2. The van der Waals surface area contributed by atoms with Gasteiger partial charge < -0.3 is 23.5 Å². The van der Waals surface area contributed by atoms with E-state index in [1.54, 1.807) is 17.0 Å². The molecule has 10 nitrogen and oxygen atoms in total. The summed E-state index contributed by atoms with van der Waals surface area (Å²) in [5.41, 5.74) is 2.33. The second-order valence-corrected chi connectivity index (χ2v) is 18.5. The van der Waals surface area contributed by atoms with Gasteiger partial charge in [-0.15, -0.1) is 0 Å². The Labute approximate surface area is 279 Å². The number of hydrogen-bond donors (Lipinski definition) is 0. The molecule has 0 unspecified atom stereocenters. The van der Waals surface area contributed by atoms with Crippen molar-refractivity contribution in [2.24, 2.45) is 5.92 Å². The van der Waals surface area contributed by atoms with E-state index in [0.29, 0.717) is 29.9 Å². The van der Waals surface area contributed by atoms with E-state index in [1.807, 2.05) is 43.3 Å². The van der Waals surface area contributed by atoms with Crippen LogP contribution in [0.2, 0.25) is 18.1 Å². The zero-order valence-electron chi connectivity index (χ0n) is 28.6. The number of amides is 1. The molecule has 2 aromatic rings. The molecule has 1 amide bonds. The molecule has 0 aromatic heterocycles. The molecule has 2 heterocycles. The van der Waals surface area contributed by atoms with Gasteiger partial charge in [0.05, 0.1) is 29.6 Å². The number of unbranched alkanes of at least 4 members (excludes halogenated alkanes) is 2. The minimum absolute atomic E-state index is 0.0254. The van der Waals surface area contributed by atoms with Gasteiger partial charge in [0, 0.05) is 24.1 Å². The molecule has 1 fully saturated rings. The molecule has 4 rings (SSSR count). The number of esters is 1. The van der Waals surface area contributed by atoms with Gasteiger partial charge in [-0.3, -0.25) is 14.9 Å². The fourth-order valence-corrected chi connectivity index (χ4v) is 7.09. The fraction of sp³-hybridized carbons (Fsp3) is 0.500. The van der Waals surface area contributed by atoms with Crippen molar-refractivity contribution in [1.29, 1.82) is 0 Å². The van der Waals surface area contributed by atoms with Crippen LogP contribution >= 0.6 is 0 Å². The van der Waals surface area contributed by atoms with Crippen molar-refractivity contribution >= 4 is 25.9 Å². The van der Waals surface area contributed by atoms with Crippen molar-refractivity contribution in [2.75, 3.05) is 6.79 Å². The smallest absolute Gasteiger partial charge is 0.355 e. The Kier molecular flexibility index (Phi) is 11.8. The maximum Gasteiger partial charge on any atom is 0.355 e.